The van der Waals surface area contributed by atoms with Gasteiger partial charge in [0, 0.05) is 6.07 Å². The van der Waals surface area contributed by atoms with Crippen molar-refractivity contribution in [3.63, 3.8) is 0 Å². The molecule has 0 heterocycles. The van der Waals surface area contributed by atoms with Crippen LogP contribution in [0.4, 0.5) is 4.39 Å². The Kier molecular flexibility index (Phi) is 6.84. The maximum Gasteiger partial charge on any atom is 0.168 e. The standard InChI is InChI=1S/C15H22FNO3/c1-5-12(4)20-13-7-8-15(14(16)9-13)18-10-11(3)17-19-6-2/h7-9,12H,5-6,10H2,1-4H3. The third-order valence-corrected chi connectivity index (χ3v) is 2.60. The highest BCUT2D eigenvalue weighted by atomic mass is 19.1. The monoisotopic (exact) mass is 283 g/mol. The highest BCUT2D eigenvalue weighted by Crippen LogP contribution is 2.23. The van der Waals surface area contributed by atoms with Crippen molar-refractivity contribution in [3.05, 3.63) is 24.0 Å². The molecule has 0 bridgehead atoms. The molecule has 4 nitrogen and oxygen atoms in total. The van der Waals surface area contributed by atoms with Gasteiger partial charge in [0.05, 0.1) is 11.8 Å². The van der Waals surface area contributed by atoms with Crippen LogP contribution in [0.3, 0.4) is 0 Å². The molecule has 0 aliphatic heterocycles. The second kappa shape index (κ2) is 8.40. The van der Waals surface area contributed by atoms with Crippen LogP contribution < -0.4 is 9.47 Å². The first-order chi connectivity index (χ1) is 9.56. The molecule has 0 N–H and O–H groups in total. The third kappa shape index (κ3) is 5.47. The smallest absolute Gasteiger partial charge is 0.168 e. The molecule has 0 aliphatic rings. The Balaban J connectivity index is 2.60. The van der Waals surface area contributed by atoms with Gasteiger partial charge in [0.2, 0.25) is 0 Å². The quantitative estimate of drug-likeness (QED) is 0.538. The number of hydrogen-bond donors (Lipinski definition) is 0. The summed E-state index contributed by atoms with van der Waals surface area (Å²) in [7, 11) is 0. The van der Waals surface area contributed by atoms with Gasteiger partial charge >= 0.3 is 0 Å². The van der Waals surface area contributed by atoms with E-state index in [2.05, 4.69) is 5.16 Å². The minimum Gasteiger partial charge on any atom is -0.491 e. The predicted octanol–water partition coefficient (Wildman–Crippen LogP) is 3.79. The largest absolute Gasteiger partial charge is 0.491 e. The van der Waals surface area contributed by atoms with Crippen LogP contribution in [0.1, 0.15) is 34.1 Å². The topological polar surface area (TPSA) is 40.0 Å². The number of ether oxygens (including phenoxy) is 2. The summed E-state index contributed by atoms with van der Waals surface area (Å²) in [5.74, 6) is 0.228. The molecule has 0 saturated heterocycles. The second-order valence-corrected chi connectivity index (χ2v) is 4.46. The maximum absolute atomic E-state index is 13.8. The van der Waals surface area contributed by atoms with Crippen molar-refractivity contribution in [2.24, 2.45) is 5.16 Å². The number of rotatable bonds is 8. The van der Waals surface area contributed by atoms with Crippen LogP contribution in [-0.4, -0.2) is 25.0 Å². The fourth-order valence-corrected chi connectivity index (χ4v) is 1.37. The first kappa shape index (κ1) is 16.3. The first-order valence-corrected chi connectivity index (χ1v) is 6.81. The van der Waals surface area contributed by atoms with Crippen LogP contribution in [0.5, 0.6) is 11.5 Å². The zero-order valence-electron chi connectivity index (χ0n) is 12.5. The summed E-state index contributed by atoms with van der Waals surface area (Å²) in [6.45, 7) is 8.23. The maximum atomic E-state index is 13.8. The number of nitrogens with zero attached hydrogens (tertiary/aromatic N) is 1. The molecule has 0 fully saturated rings. The average Bonchev–Trinajstić information content (AvgIpc) is 2.44. The molecule has 1 rings (SSSR count). The Labute approximate surface area is 119 Å². The van der Waals surface area contributed by atoms with Crippen molar-refractivity contribution in [1.29, 1.82) is 0 Å². The SMILES string of the molecule is CCON=C(C)COc1ccc(OC(C)CC)cc1F. The summed E-state index contributed by atoms with van der Waals surface area (Å²) < 4.78 is 24.7. The molecule has 0 amide bonds. The summed E-state index contributed by atoms with van der Waals surface area (Å²) in [5.41, 5.74) is 0.645. The summed E-state index contributed by atoms with van der Waals surface area (Å²) in [6, 6.07) is 4.58. The van der Waals surface area contributed by atoms with Gasteiger partial charge in [-0.15, -0.1) is 0 Å². The number of hydrogen-bond acceptors (Lipinski definition) is 4. The molecule has 20 heavy (non-hydrogen) atoms. The molecular formula is C15H22FNO3. The molecule has 1 aromatic carbocycles. The van der Waals surface area contributed by atoms with Gasteiger partial charge in [0.25, 0.3) is 0 Å². The van der Waals surface area contributed by atoms with Crippen molar-refractivity contribution >= 4 is 5.71 Å². The molecule has 0 saturated carbocycles. The molecular weight excluding hydrogens is 261 g/mol. The predicted molar refractivity (Wildman–Crippen MR) is 77.0 cm³/mol. The molecule has 1 unspecified atom stereocenters. The summed E-state index contributed by atoms with van der Waals surface area (Å²) in [4.78, 5) is 4.88. The molecule has 0 aromatic heterocycles. The van der Waals surface area contributed by atoms with E-state index < -0.39 is 5.82 Å². The molecule has 0 aliphatic carbocycles. The third-order valence-electron chi connectivity index (χ3n) is 2.60. The van der Waals surface area contributed by atoms with Gasteiger partial charge < -0.3 is 14.3 Å². The van der Waals surface area contributed by atoms with Gasteiger partial charge in [-0.3, -0.25) is 0 Å². The van der Waals surface area contributed by atoms with E-state index in [9.17, 15) is 4.39 Å². The van der Waals surface area contributed by atoms with Gasteiger partial charge in [0.15, 0.2) is 11.6 Å². The Morgan fingerprint density at radius 1 is 1.35 bits per heavy atom. The van der Waals surface area contributed by atoms with E-state index in [1.54, 1.807) is 19.1 Å². The number of halogens is 1. The van der Waals surface area contributed by atoms with E-state index in [1.807, 2.05) is 20.8 Å². The lowest BCUT2D eigenvalue weighted by Gasteiger charge is -2.13. The van der Waals surface area contributed by atoms with Crippen LogP contribution in [0.2, 0.25) is 0 Å². The Morgan fingerprint density at radius 2 is 2.10 bits per heavy atom. The summed E-state index contributed by atoms with van der Waals surface area (Å²) in [6.07, 6.45) is 0.925. The zero-order valence-corrected chi connectivity index (χ0v) is 12.5. The zero-order chi connectivity index (χ0) is 15.0. The van der Waals surface area contributed by atoms with E-state index in [1.165, 1.54) is 6.07 Å². The van der Waals surface area contributed by atoms with Crippen LogP contribution >= 0.6 is 0 Å². The lowest BCUT2D eigenvalue weighted by Crippen LogP contribution is -2.11. The first-order valence-electron chi connectivity index (χ1n) is 6.81. The molecule has 1 atom stereocenters. The molecule has 0 radical (unpaired) electrons. The van der Waals surface area contributed by atoms with Crippen molar-refractivity contribution in [2.45, 2.75) is 40.2 Å². The van der Waals surface area contributed by atoms with Crippen LogP contribution in [0.25, 0.3) is 0 Å². The highest BCUT2D eigenvalue weighted by molar-refractivity contribution is 5.82. The summed E-state index contributed by atoms with van der Waals surface area (Å²) >= 11 is 0. The minimum atomic E-state index is -0.449. The van der Waals surface area contributed by atoms with Crippen molar-refractivity contribution in [3.8, 4) is 11.5 Å². The van der Waals surface area contributed by atoms with Crippen LogP contribution in [0.15, 0.2) is 23.4 Å². The fourth-order valence-electron chi connectivity index (χ4n) is 1.37. The highest BCUT2D eigenvalue weighted by Gasteiger charge is 2.08. The van der Waals surface area contributed by atoms with E-state index in [0.29, 0.717) is 18.1 Å². The van der Waals surface area contributed by atoms with Crippen molar-refractivity contribution in [2.75, 3.05) is 13.2 Å². The van der Waals surface area contributed by atoms with Gasteiger partial charge in [-0.1, -0.05) is 12.1 Å². The molecule has 5 heteroatoms. The minimum absolute atomic E-state index is 0.0572. The van der Waals surface area contributed by atoms with E-state index in [-0.39, 0.29) is 18.5 Å². The lowest BCUT2D eigenvalue weighted by atomic mass is 10.3. The normalized spacial score (nSPS) is 12.9. The van der Waals surface area contributed by atoms with E-state index >= 15 is 0 Å². The van der Waals surface area contributed by atoms with Crippen molar-refractivity contribution in [1.82, 2.24) is 0 Å². The van der Waals surface area contributed by atoms with E-state index in [4.69, 9.17) is 14.3 Å². The van der Waals surface area contributed by atoms with Crippen LogP contribution in [0, 0.1) is 5.82 Å². The number of benzene rings is 1. The number of oxime groups is 1. The Morgan fingerprint density at radius 3 is 2.70 bits per heavy atom. The van der Waals surface area contributed by atoms with Gasteiger partial charge in [0.1, 0.15) is 19.0 Å². The molecule has 0 spiro atoms. The fraction of sp³-hybridized carbons (Fsp3) is 0.533. The molecule has 1 aromatic rings. The van der Waals surface area contributed by atoms with Gasteiger partial charge in [-0.05, 0) is 39.3 Å². The lowest BCUT2D eigenvalue weighted by molar-refractivity contribution is 0.156. The summed E-state index contributed by atoms with van der Waals surface area (Å²) in [5, 5.41) is 3.80. The van der Waals surface area contributed by atoms with Gasteiger partial charge in [-0.2, -0.15) is 0 Å². The van der Waals surface area contributed by atoms with Crippen LogP contribution in [-0.2, 0) is 4.84 Å². The second-order valence-electron chi connectivity index (χ2n) is 4.46. The average molecular weight is 283 g/mol. The van der Waals surface area contributed by atoms with Gasteiger partial charge in [-0.25, -0.2) is 4.39 Å². The van der Waals surface area contributed by atoms with Crippen molar-refractivity contribution < 1.29 is 18.7 Å². The van der Waals surface area contributed by atoms with E-state index in [0.717, 1.165) is 6.42 Å². The molecule has 112 valence electrons. The Bertz CT molecular complexity index is 449. The Hall–Kier alpha value is -1.78.